The lowest BCUT2D eigenvalue weighted by molar-refractivity contribution is 0.518. The summed E-state index contributed by atoms with van der Waals surface area (Å²) in [4.78, 5) is 0. The van der Waals surface area contributed by atoms with Crippen molar-refractivity contribution >= 4 is 31.2 Å². The van der Waals surface area contributed by atoms with E-state index in [4.69, 9.17) is 0 Å². The molecule has 9 heteroatoms. The van der Waals surface area contributed by atoms with E-state index in [9.17, 15) is 16.8 Å². The Morgan fingerprint density at radius 1 is 1.43 bits per heavy atom. The molecule has 0 saturated carbocycles. The molecule has 1 unspecified atom stereocenters. The zero-order chi connectivity index (χ0) is 15.5. The van der Waals surface area contributed by atoms with E-state index in [1.807, 2.05) is 6.92 Å². The Labute approximate surface area is 129 Å². The van der Waals surface area contributed by atoms with Crippen molar-refractivity contribution < 1.29 is 16.8 Å². The molecule has 1 atom stereocenters. The van der Waals surface area contributed by atoms with Crippen molar-refractivity contribution in [1.82, 2.24) is 10.0 Å². The van der Waals surface area contributed by atoms with Crippen LogP contribution in [0.5, 0.6) is 0 Å². The summed E-state index contributed by atoms with van der Waals surface area (Å²) in [6.07, 6.45) is 1.07. The van der Waals surface area contributed by atoms with Gasteiger partial charge >= 0.3 is 0 Å². The molecule has 1 fully saturated rings. The van der Waals surface area contributed by atoms with Crippen LogP contribution < -0.4 is 10.0 Å². The number of hydrogen-bond donors (Lipinski definition) is 2. The summed E-state index contributed by atoms with van der Waals surface area (Å²) in [6, 6.07) is 1.11. The van der Waals surface area contributed by atoms with Crippen LogP contribution >= 0.6 is 11.3 Å². The first-order valence-electron chi connectivity index (χ1n) is 6.83. The summed E-state index contributed by atoms with van der Waals surface area (Å²) in [6.45, 7) is 3.42. The van der Waals surface area contributed by atoms with Crippen LogP contribution in [0.15, 0.2) is 15.7 Å². The molecule has 0 amide bonds. The zero-order valence-electron chi connectivity index (χ0n) is 11.8. The van der Waals surface area contributed by atoms with Crippen molar-refractivity contribution in [2.24, 2.45) is 0 Å². The quantitative estimate of drug-likeness (QED) is 0.787. The molecule has 2 N–H and O–H groups in total. The first kappa shape index (κ1) is 16.9. The van der Waals surface area contributed by atoms with E-state index in [2.05, 4.69) is 10.0 Å². The number of rotatable bonds is 6. The van der Waals surface area contributed by atoms with Crippen molar-refractivity contribution in [3.05, 3.63) is 17.0 Å². The first-order valence-corrected chi connectivity index (χ1v) is 11.0. The Morgan fingerprint density at radius 2 is 2.19 bits per heavy atom. The van der Waals surface area contributed by atoms with Gasteiger partial charge in [0, 0.05) is 12.6 Å². The van der Waals surface area contributed by atoms with Gasteiger partial charge in [-0.2, -0.15) is 0 Å². The summed E-state index contributed by atoms with van der Waals surface area (Å²) in [5.74, 6) is 0.0406. The second kappa shape index (κ2) is 6.74. The maximum atomic E-state index is 12.3. The molecule has 0 bridgehead atoms. The van der Waals surface area contributed by atoms with Crippen LogP contribution in [0.4, 0.5) is 0 Å². The zero-order valence-corrected chi connectivity index (χ0v) is 14.3. The van der Waals surface area contributed by atoms with Crippen molar-refractivity contribution in [2.45, 2.75) is 36.6 Å². The van der Waals surface area contributed by atoms with Gasteiger partial charge in [-0.3, -0.25) is 0 Å². The molecule has 6 nitrogen and oxygen atoms in total. The predicted molar refractivity (Wildman–Crippen MR) is 83.7 cm³/mol. The SMILES string of the molecule is CCNCc1csc(S(=O)(=O)NC2CCCS(=O)(=O)C2)c1. The van der Waals surface area contributed by atoms with E-state index in [-0.39, 0.29) is 15.7 Å². The van der Waals surface area contributed by atoms with Gasteiger partial charge in [-0.15, -0.1) is 11.3 Å². The monoisotopic (exact) mass is 352 g/mol. The third-order valence-electron chi connectivity index (χ3n) is 3.26. The highest BCUT2D eigenvalue weighted by molar-refractivity contribution is 7.92. The maximum Gasteiger partial charge on any atom is 0.250 e. The van der Waals surface area contributed by atoms with Gasteiger partial charge in [-0.25, -0.2) is 21.6 Å². The third-order valence-corrected chi connectivity index (χ3v) is 8.09. The van der Waals surface area contributed by atoms with Crippen LogP contribution in [-0.2, 0) is 26.4 Å². The van der Waals surface area contributed by atoms with Crippen LogP contribution in [-0.4, -0.2) is 40.9 Å². The lowest BCUT2D eigenvalue weighted by Gasteiger charge is -2.22. The minimum atomic E-state index is -3.64. The standard InChI is InChI=1S/C12H20N2O4S3/c1-2-13-7-10-6-12(19-8-10)21(17,18)14-11-4-3-5-20(15,16)9-11/h6,8,11,13-14H,2-5,7,9H2,1H3. The van der Waals surface area contributed by atoms with E-state index >= 15 is 0 Å². The lowest BCUT2D eigenvalue weighted by atomic mass is 10.2. The van der Waals surface area contributed by atoms with Gasteiger partial charge in [0.25, 0.3) is 0 Å². The first-order chi connectivity index (χ1) is 9.82. The fourth-order valence-corrected chi connectivity index (χ4v) is 6.49. The number of sulfone groups is 1. The highest BCUT2D eigenvalue weighted by Gasteiger charge is 2.29. The van der Waals surface area contributed by atoms with Crippen LogP contribution in [0, 0.1) is 0 Å². The van der Waals surface area contributed by atoms with Crippen molar-refractivity contribution in [3.63, 3.8) is 0 Å². The van der Waals surface area contributed by atoms with Gasteiger partial charge in [0.2, 0.25) is 10.0 Å². The second-order valence-corrected chi connectivity index (χ2v) is 10.2. The number of hydrogen-bond acceptors (Lipinski definition) is 6. The summed E-state index contributed by atoms with van der Waals surface area (Å²) >= 11 is 1.16. The second-order valence-electron chi connectivity index (χ2n) is 5.13. The molecule has 1 aromatic rings. The third kappa shape index (κ3) is 4.75. The largest absolute Gasteiger partial charge is 0.313 e. The molecule has 0 aliphatic carbocycles. The highest BCUT2D eigenvalue weighted by Crippen LogP contribution is 2.22. The van der Waals surface area contributed by atoms with Crippen LogP contribution in [0.2, 0.25) is 0 Å². The summed E-state index contributed by atoms with van der Waals surface area (Å²) in [5.41, 5.74) is 0.915. The van der Waals surface area contributed by atoms with Gasteiger partial charge in [0.15, 0.2) is 9.84 Å². The molecular formula is C12H20N2O4S3. The predicted octanol–water partition coefficient (Wildman–Crippen LogP) is 0.713. The number of sulfonamides is 1. The van der Waals surface area contributed by atoms with E-state index in [0.29, 0.717) is 19.4 Å². The molecular weight excluding hydrogens is 332 g/mol. The van der Waals surface area contributed by atoms with Gasteiger partial charge in [0.1, 0.15) is 4.21 Å². The van der Waals surface area contributed by atoms with Crippen LogP contribution in [0.3, 0.4) is 0 Å². The Kier molecular flexibility index (Phi) is 5.42. The van der Waals surface area contributed by atoms with Crippen molar-refractivity contribution in [1.29, 1.82) is 0 Å². The van der Waals surface area contributed by atoms with E-state index < -0.39 is 25.9 Å². The molecule has 0 spiro atoms. The minimum Gasteiger partial charge on any atom is -0.313 e. The number of thiophene rings is 1. The van der Waals surface area contributed by atoms with Gasteiger partial charge in [0.05, 0.1) is 11.5 Å². The molecule has 2 rings (SSSR count). The van der Waals surface area contributed by atoms with E-state index in [0.717, 1.165) is 23.4 Å². The minimum absolute atomic E-state index is 0.109. The average molecular weight is 353 g/mol. The lowest BCUT2D eigenvalue weighted by Crippen LogP contribution is -2.42. The molecule has 1 aliphatic rings. The molecule has 120 valence electrons. The maximum absolute atomic E-state index is 12.3. The van der Waals surface area contributed by atoms with Crippen LogP contribution in [0.1, 0.15) is 25.3 Å². The fraction of sp³-hybridized carbons (Fsp3) is 0.667. The highest BCUT2D eigenvalue weighted by atomic mass is 32.2. The van der Waals surface area contributed by atoms with Gasteiger partial charge in [-0.1, -0.05) is 6.92 Å². The van der Waals surface area contributed by atoms with Gasteiger partial charge in [-0.05, 0) is 36.4 Å². The normalized spacial score (nSPS) is 22.2. The molecule has 1 saturated heterocycles. The van der Waals surface area contributed by atoms with Gasteiger partial charge < -0.3 is 5.32 Å². The average Bonchev–Trinajstić information content (AvgIpc) is 2.84. The molecule has 2 heterocycles. The number of nitrogens with one attached hydrogen (secondary N) is 2. The molecule has 1 aliphatic heterocycles. The summed E-state index contributed by atoms with van der Waals surface area (Å²) in [5, 5.41) is 4.93. The van der Waals surface area contributed by atoms with Crippen molar-refractivity contribution in [3.8, 4) is 0 Å². The molecule has 0 radical (unpaired) electrons. The topological polar surface area (TPSA) is 92.3 Å². The Balaban J connectivity index is 2.06. The summed E-state index contributed by atoms with van der Waals surface area (Å²) < 4.78 is 50.4. The molecule has 1 aromatic heterocycles. The Hall–Kier alpha value is -0.480. The smallest absolute Gasteiger partial charge is 0.250 e. The van der Waals surface area contributed by atoms with E-state index in [1.165, 1.54) is 0 Å². The van der Waals surface area contributed by atoms with E-state index in [1.54, 1.807) is 11.4 Å². The summed E-state index contributed by atoms with van der Waals surface area (Å²) in [7, 11) is -6.76. The molecule has 0 aromatic carbocycles. The molecule has 21 heavy (non-hydrogen) atoms. The van der Waals surface area contributed by atoms with Crippen LogP contribution in [0.25, 0.3) is 0 Å². The Bertz CT molecular complexity index is 679. The Morgan fingerprint density at radius 3 is 2.86 bits per heavy atom. The fourth-order valence-electron chi connectivity index (χ4n) is 2.25. The van der Waals surface area contributed by atoms with Crippen molar-refractivity contribution in [2.75, 3.05) is 18.1 Å².